The summed E-state index contributed by atoms with van der Waals surface area (Å²) in [5, 5.41) is 54.5. The first-order valence-electron chi connectivity index (χ1n) is 29.3. The average Bonchev–Trinajstić information content (AvgIpc) is 3.37. The number of aliphatic hydroxyl groups is 5. The van der Waals surface area contributed by atoms with Gasteiger partial charge in [-0.25, -0.2) is 0 Å². The van der Waals surface area contributed by atoms with E-state index in [0.717, 1.165) is 83.5 Å². The van der Waals surface area contributed by atoms with Crippen molar-refractivity contribution in [1.82, 2.24) is 5.32 Å². The van der Waals surface area contributed by atoms with Gasteiger partial charge < -0.3 is 40.3 Å². The van der Waals surface area contributed by atoms with E-state index in [-0.39, 0.29) is 12.5 Å². The molecule has 410 valence electrons. The van der Waals surface area contributed by atoms with Crippen molar-refractivity contribution in [3.63, 3.8) is 0 Å². The van der Waals surface area contributed by atoms with Gasteiger partial charge in [0.2, 0.25) is 5.91 Å². The fourth-order valence-electron chi connectivity index (χ4n) is 8.83. The SMILES string of the molecule is CC/C=C\C/C=C\C/C=C\C/C=C\CCCCCCCCCCCCC(=O)NC(COC1OC(CO)C(O)C(O)C1O)C(O)/C=C/CC/C=C/CC/C=C/CCCCCCCCCCCCCCCCC. The van der Waals surface area contributed by atoms with Crippen LogP contribution in [0.4, 0.5) is 0 Å². The maximum Gasteiger partial charge on any atom is 0.220 e. The molecule has 9 heteroatoms. The molecule has 1 heterocycles. The summed E-state index contributed by atoms with van der Waals surface area (Å²) in [5.74, 6) is -0.197. The van der Waals surface area contributed by atoms with E-state index in [2.05, 4.69) is 92.1 Å². The lowest BCUT2D eigenvalue weighted by atomic mass is 9.99. The van der Waals surface area contributed by atoms with Crippen molar-refractivity contribution in [1.29, 1.82) is 0 Å². The Balaban J connectivity index is 2.27. The molecule has 9 nitrogen and oxygen atoms in total. The van der Waals surface area contributed by atoms with E-state index >= 15 is 0 Å². The minimum atomic E-state index is -1.58. The molecule has 1 aliphatic heterocycles. The number of amides is 1. The second kappa shape index (κ2) is 50.9. The maximum atomic E-state index is 13.1. The van der Waals surface area contributed by atoms with Gasteiger partial charge in [0.05, 0.1) is 25.4 Å². The van der Waals surface area contributed by atoms with Crippen molar-refractivity contribution in [2.45, 2.75) is 288 Å². The molecule has 0 aromatic heterocycles. The molecule has 1 amide bonds. The number of ether oxygens (including phenoxy) is 2. The molecular formula is C62H109NO8. The normalized spacial score (nSPS) is 19.9. The van der Waals surface area contributed by atoms with Crippen LogP contribution in [0, 0.1) is 0 Å². The third-order valence-corrected chi connectivity index (χ3v) is 13.4. The van der Waals surface area contributed by atoms with Crippen LogP contribution in [0.1, 0.15) is 245 Å². The highest BCUT2D eigenvalue weighted by Gasteiger charge is 2.44. The molecule has 1 aliphatic rings. The predicted molar refractivity (Wildman–Crippen MR) is 299 cm³/mol. The van der Waals surface area contributed by atoms with Crippen LogP contribution >= 0.6 is 0 Å². The zero-order valence-corrected chi connectivity index (χ0v) is 45.5. The highest BCUT2D eigenvalue weighted by Crippen LogP contribution is 2.23. The van der Waals surface area contributed by atoms with Crippen LogP contribution in [0.15, 0.2) is 85.1 Å². The monoisotopic (exact) mass is 996 g/mol. The molecule has 7 atom stereocenters. The number of hydrogen-bond acceptors (Lipinski definition) is 8. The number of carbonyl (C=O) groups excluding carboxylic acids is 1. The van der Waals surface area contributed by atoms with Crippen molar-refractivity contribution < 1.29 is 39.8 Å². The molecule has 0 radical (unpaired) electrons. The van der Waals surface area contributed by atoms with E-state index in [4.69, 9.17) is 9.47 Å². The first kappa shape index (κ1) is 66.4. The Morgan fingerprint density at radius 2 is 0.887 bits per heavy atom. The van der Waals surface area contributed by atoms with E-state index in [1.54, 1.807) is 6.08 Å². The molecule has 0 spiro atoms. The Kier molecular flexibility index (Phi) is 47.6. The van der Waals surface area contributed by atoms with Gasteiger partial charge in [0.25, 0.3) is 0 Å². The van der Waals surface area contributed by atoms with E-state index in [0.29, 0.717) is 6.42 Å². The summed E-state index contributed by atoms with van der Waals surface area (Å²) in [5.41, 5.74) is 0. The molecule has 1 saturated heterocycles. The lowest BCUT2D eigenvalue weighted by Crippen LogP contribution is -2.60. The van der Waals surface area contributed by atoms with Crippen molar-refractivity contribution >= 4 is 5.91 Å². The highest BCUT2D eigenvalue weighted by atomic mass is 16.7. The summed E-state index contributed by atoms with van der Waals surface area (Å²) in [4.78, 5) is 13.1. The van der Waals surface area contributed by atoms with Crippen LogP contribution in [0.2, 0.25) is 0 Å². The molecule has 7 unspecified atom stereocenters. The van der Waals surface area contributed by atoms with E-state index in [9.17, 15) is 30.3 Å². The smallest absolute Gasteiger partial charge is 0.220 e. The summed E-state index contributed by atoms with van der Waals surface area (Å²) < 4.78 is 11.3. The second-order valence-electron chi connectivity index (χ2n) is 20.0. The van der Waals surface area contributed by atoms with Crippen molar-refractivity contribution in [2.75, 3.05) is 13.2 Å². The van der Waals surface area contributed by atoms with Crippen LogP contribution in [0.5, 0.6) is 0 Å². The first-order chi connectivity index (χ1) is 34.8. The van der Waals surface area contributed by atoms with Gasteiger partial charge in [-0.15, -0.1) is 0 Å². The van der Waals surface area contributed by atoms with Crippen molar-refractivity contribution in [3.8, 4) is 0 Å². The maximum absolute atomic E-state index is 13.1. The van der Waals surface area contributed by atoms with Gasteiger partial charge in [0.15, 0.2) is 6.29 Å². The summed E-state index contributed by atoms with van der Waals surface area (Å²) in [6, 6.07) is -0.836. The topological polar surface area (TPSA) is 149 Å². The number of unbranched alkanes of at least 4 members (excludes halogenated alkanes) is 27. The fourth-order valence-corrected chi connectivity index (χ4v) is 8.83. The van der Waals surface area contributed by atoms with Crippen LogP contribution in [-0.4, -0.2) is 87.5 Å². The zero-order valence-electron chi connectivity index (χ0n) is 45.5. The van der Waals surface area contributed by atoms with Gasteiger partial charge in [-0.2, -0.15) is 0 Å². The minimum absolute atomic E-state index is 0.197. The average molecular weight is 997 g/mol. The Hall–Kier alpha value is -2.63. The Morgan fingerprint density at radius 1 is 0.493 bits per heavy atom. The summed E-state index contributed by atoms with van der Waals surface area (Å²) >= 11 is 0. The van der Waals surface area contributed by atoms with E-state index in [1.165, 1.54) is 141 Å². The van der Waals surface area contributed by atoms with Crippen molar-refractivity contribution in [3.05, 3.63) is 85.1 Å². The van der Waals surface area contributed by atoms with Gasteiger partial charge in [-0.05, 0) is 83.5 Å². The van der Waals surface area contributed by atoms with Gasteiger partial charge >= 0.3 is 0 Å². The fraction of sp³-hybridized carbons (Fsp3) is 0.758. The Bertz CT molecular complexity index is 1390. The Morgan fingerprint density at radius 3 is 1.35 bits per heavy atom. The summed E-state index contributed by atoms with van der Waals surface area (Å²) in [7, 11) is 0. The van der Waals surface area contributed by atoms with Crippen LogP contribution in [0.3, 0.4) is 0 Å². The van der Waals surface area contributed by atoms with Gasteiger partial charge in [-0.1, -0.05) is 240 Å². The Labute approximate surface area is 435 Å². The molecule has 6 N–H and O–H groups in total. The third-order valence-electron chi connectivity index (χ3n) is 13.4. The zero-order chi connectivity index (χ0) is 51.5. The van der Waals surface area contributed by atoms with E-state index < -0.39 is 49.5 Å². The standard InChI is InChI=1S/C62H109NO8/c1-3-5-7-9-11-13-15-17-19-21-23-25-27-28-30-31-33-35-37-39-41-43-45-47-49-51-56(65)55(54-70-62-61(69)60(68)59(67)57(53-64)71-62)63-58(66)52-50-48-46-44-42-40-38-36-34-32-29-26-24-22-20-18-16-14-12-10-8-6-4-2/h6,8,12,14,18,20,24,26,33,35,41,43,49,51,55-57,59-62,64-65,67-69H,3-5,7,9-11,13,15-17,19,21-23,25,27-32,34,36-40,42,44-48,50,52-54H2,1-2H3,(H,63,66)/b8-6-,14-12-,20-18-,26-24-,35-33+,43-41+,51-49+. The van der Waals surface area contributed by atoms with Gasteiger partial charge in [-0.3, -0.25) is 4.79 Å². The molecule has 0 aromatic rings. The third kappa shape index (κ3) is 40.4. The predicted octanol–water partition coefficient (Wildman–Crippen LogP) is 14.6. The van der Waals surface area contributed by atoms with Crippen LogP contribution in [-0.2, 0) is 14.3 Å². The van der Waals surface area contributed by atoms with Crippen LogP contribution in [0.25, 0.3) is 0 Å². The van der Waals surface area contributed by atoms with E-state index in [1.807, 2.05) is 6.08 Å². The number of allylic oxidation sites excluding steroid dienone is 13. The quantitative estimate of drug-likeness (QED) is 0.0261. The molecule has 1 rings (SSSR count). The molecular weight excluding hydrogens is 887 g/mol. The number of rotatable bonds is 49. The summed E-state index contributed by atoms with van der Waals surface area (Å²) in [6.07, 6.45) is 65.1. The van der Waals surface area contributed by atoms with Gasteiger partial charge in [0, 0.05) is 6.42 Å². The summed E-state index contributed by atoms with van der Waals surface area (Å²) in [6.45, 7) is 3.65. The molecule has 0 bridgehead atoms. The number of aliphatic hydroxyl groups excluding tert-OH is 5. The molecule has 0 aromatic carbocycles. The molecule has 71 heavy (non-hydrogen) atoms. The highest BCUT2D eigenvalue weighted by molar-refractivity contribution is 5.76. The molecule has 0 saturated carbocycles. The second-order valence-corrected chi connectivity index (χ2v) is 20.0. The number of nitrogens with one attached hydrogen (secondary N) is 1. The minimum Gasteiger partial charge on any atom is -0.394 e. The lowest BCUT2D eigenvalue weighted by molar-refractivity contribution is -0.302. The molecule has 0 aliphatic carbocycles. The molecule has 1 fully saturated rings. The number of hydrogen-bond donors (Lipinski definition) is 6. The largest absolute Gasteiger partial charge is 0.394 e. The van der Waals surface area contributed by atoms with Crippen molar-refractivity contribution in [2.24, 2.45) is 0 Å². The lowest BCUT2D eigenvalue weighted by Gasteiger charge is -2.40. The van der Waals surface area contributed by atoms with Gasteiger partial charge in [0.1, 0.15) is 24.4 Å². The van der Waals surface area contributed by atoms with Crippen LogP contribution < -0.4 is 5.32 Å². The number of carbonyl (C=O) groups is 1. The first-order valence-corrected chi connectivity index (χ1v) is 29.3.